The number of aromatic nitrogens is 3. The van der Waals surface area contributed by atoms with Gasteiger partial charge in [0.2, 0.25) is 5.91 Å². The fraction of sp³-hybridized carbons (Fsp3) is 0.136. The van der Waals surface area contributed by atoms with Crippen molar-refractivity contribution in [2.45, 2.75) is 19.5 Å². The first-order valence-electron chi connectivity index (χ1n) is 9.14. The standard InChI is InChI=1S/C22H18Cl2N4O/c23-17-8-7-15(10-18(17)24)11-21-27-19-5-1-2-6-20(19)28(21)14-22(29)26-13-16-4-3-9-25-12-16/h1-10,12H,11,13-14H2,(H,26,29). The van der Waals surface area contributed by atoms with Crippen molar-refractivity contribution in [2.24, 2.45) is 0 Å². The summed E-state index contributed by atoms with van der Waals surface area (Å²) in [5.41, 5.74) is 3.70. The predicted octanol–water partition coefficient (Wildman–Crippen LogP) is 4.65. The van der Waals surface area contributed by atoms with Crippen molar-refractivity contribution >= 4 is 40.1 Å². The average molecular weight is 425 g/mol. The van der Waals surface area contributed by atoms with Gasteiger partial charge in [-0.15, -0.1) is 0 Å². The van der Waals surface area contributed by atoms with Gasteiger partial charge in [-0.2, -0.15) is 0 Å². The van der Waals surface area contributed by atoms with Crippen LogP contribution in [0.25, 0.3) is 11.0 Å². The summed E-state index contributed by atoms with van der Waals surface area (Å²) in [6.07, 6.45) is 3.99. The number of pyridine rings is 1. The molecule has 0 saturated heterocycles. The van der Waals surface area contributed by atoms with E-state index in [1.807, 2.05) is 53.1 Å². The fourth-order valence-electron chi connectivity index (χ4n) is 3.17. The third kappa shape index (κ3) is 4.58. The lowest BCUT2D eigenvalue weighted by Crippen LogP contribution is -2.27. The number of nitrogens with zero attached hydrogens (tertiary/aromatic N) is 3. The molecule has 0 aliphatic carbocycles. The van der Waals surface area contributed by atoms with Crippen LogP contribution in [0, 0.1) is 0 Å². The Morgan fingerprint density at radius 1 is 1.00 bits per heavy atom. The quantitative estimate of drug-likeness (QED) is 0.490. The SMILES string of the molecule is O=C(Cn1c(Cc2ccc(Cl)c(Cl)c2)nc2ccccc21)NCc1cccnc1. The van der Waals surface area contributed by atoms with Crippen LogP contribution in [0.15, 0.2) is 67.0 Å². The van der Waals surface area contributed by atoms with E-state index < -0.39 is 0 Å². The van der Waals surface area contributed by atoms with Crippen molar-refractivity contribution in [2.75, 3.05) is 0 Å². The topological polar surface area (TPSA) is 59.8 Å². The molecule has 2 aromatic carbocycles. The van der Waals surface area contributed by atoms with E-state index in [1.165, 1.54) is 0 Å². The number of carbonyl (C=O) groups excluding carboxylic acids is 1. The molecule has 7 heteroatoms. The Morgan fingerprint density at radius 2 is 1.86 bits per heavy atom. The molecular formula is C22H18Cl2N4O. The van der Waals surface area contributed by atoms with Gasteiger partial charge in [0.05, 0.1) is 21.1 Å². The van der Waals surface area contributed by atoms with E-state index in [0.717, 1.165) is 28.0 Å². The molecule has 2 heterocycles. The lowest BCUT2D eigenvalue weighted by atomic mass is 10.1. The molecule has 2 aromatic heterocycles. The van der Waals surface area contributed by atoms with Crippen LogP contribution >= 0.6 is 23.2 Å². The van der Waals surface area contributed by atoms with Gasteiger partial charge in [-0.3, -0.25) is 9.78 Å². The summed E-state index contributed by atoms with van der Waals surface area (Å²) in [6, 6.07) is 17.1. The zero-order valence-electron chi connectivity index (χ0n) is 15.5. The summed E-state index contributed by atoms with van der Waals surface area (Å²) < 4.78 is 1.94. The summed E-state index contributed by atoms with van der Waals surface area (Å²) >= 11 is 12.2. The number of halogens is 2. The molecule has 4 rings (SSSR count). The number of hydrogen-bond donors (Lipinski definition) is 1. The Morgan fingerprint density at radius 3 is 2.66 bits per heavy atom. The number of nitrogens with one attached hydrogen (secondary N) is 1. The van der Waals surface area contributed by atoms with Crippen molar-refractivity contribution in [1.29, 1.82) is 0 Å². The van der Waals surface area contributed by atoms with Crippen molar-refractivity contribution in [3.05, 3.63) is 94.0 Å². The Kier molecular flexibility index (Phi) is 5.79. The number of rotatable bonds is 6. The highest BCUT2D eigenvalue weighted by Gasteiger charge is 2.14. The van der Waals surface area contributed by atoms with E-state index in [0.29, 0.717) is 23.0 Å². The molecule has 0 unspecified atom stereocenters. The van der Waals surface area contributed by atoms with Crippen LogP contribution < -0.4 is 5.32 Å². The van der Waals surface area contributed by atoms with Gasteiger partial charge in [-0.1, -0.05) is 47.5 Å². The van der Waals surface area contributed by atoms with Crippen LogP contribution in [0.1, 0.15) is 17.0 Å². The van der Waals surface area contributed by atoms with Gasteiger partial charge in [0, 0.05) is 25.4 Å². The maximum atomic E-state index is 12.6. The highest BCUT2D eigenvalue weighted by atomic mass is 35.5. The zero-order valence-corrected chi connectivity index (χ0v) is 17.0. The van der Waals surface area contributed by atoms with Gasteiger partial charge in [0.1, 0.15) is 12.4 Å². The first kappa shape index (κ1) is 19.4. The monoisotopic (exact) mass is 424 g/mol. The maximum absolute atomic E-state index is 12.6. The number of carbonyl (C=O) groups is 1. The first-order valence-corrected chi connectivity index (χ1v) is 9.89. The van der Waals surface area contributed by atoms with Crippen LogP contribution in [-0.4, -0.2) is 20.4 Å². The largest absolute Gasteiger partial charge is 0.350 e. The summed E-state index contributed by atoms with van der Waals surface area (Å²) in [4.78, 5) is 21.4. The Labute approximate surface area is 178 Å². The smallest absolute Gasteiger partial charge is 0.240 e. The molecule has 0 saturated carbocycles. The van der Waals surface area contributed by atoms with E-state index >= 15 is 0 Å². The van der Waals surface area contributed by atoms with Gasteiger partial charge >= 0.3 is 0 Å². The van der Waals surface area contributed by atoms with Gasteiger partial charge < -0.3 is 9.88 Å². The van der Waals surface area contributed by atoms with Crippen LogP contribution in [-0.2, 0) is 24.3 Å². The second-order valence-corrected chi connectivity index (χ2v) is 7.48. The zero-order chi connectivity index (χ0) is 20.2. The minimum absolute atomic E-state index is 0.0904. The lowest BCUT2D eigenvalue weighted by Gasteiger charge is -2.11. The number of hydrogen-bond acceptors (Lipinski definition) is 3. The first-order chi connectivity index (χ1) is 14.1. The second kappa shape index (κ2) is 8.64. The second-order valence-electron chi connectivity index (χ2n) is 6.67. The van der Waals surface area contributed by atoms with Crippen molar-refractivity contribution in [1.82, 2.24) is 19.9 Å². The average Bonchev–Trinajstić information content (AvgIpc) is 3.07. The summed E-state index contributed by atoms with van der Waals surface area (Å²) in [6.45, 7) is 0.610. The highest BCUT2D eigenvalue weighted by molar-refractivity contribution is 6.42. The molecule has 146 valence electrons. The number of benzene rings is 2. The molecule has 5 nitrogen and oxygen atoms in total. The highest BCUT2D eigenvalue weighted by Crippen LogP contribution is 2.25. The van der Waals surface area contributed by atoms with E-state index in [2.05, 4.69) is 10.3 Å². The lowest BCUT2D eigenvalue weighted by molar-refractivity contribution is -0.121. The fourth-order valence-corrected chi connectivity index (χ4v) is 3.49. The Bertz CT molecular complexity index is 1160. The number of imidazole rings is 1. The van der Waals surface area contributed by atoms with Crippen LogP contribution in [0.3, 0.4) is 0 Å². The van der Waals surface area contributed by atoms with E-state index in [4.69, 9.17) is 28.2 Å². The van der Waals surface area contributed by atoms with Gasteiger partial charge in [0.25, 0.3) is 0 Å². The Hall–Kier alpha value is -2.89. The molecule has 0 aliphatic heterocycles. The molecular weight excluding hydrogens is 407 g/mol. The van der Waals surface area contributed by atoms with E-state index in [-0.39, 0.29) is 12.5 Å². The third-order valence-corrected chi connectivity index (χ3v) is 5.33. The molecule has 1 N–H and O–H groups in total. The molecule has 1 amide bonds. The van der Waals surface area contributed by atoms with Crippen LogP contribution in [0.4, 0.5) is 0 Å². The van der Waals surface area contributed by atoms with Gasteiger partial charge in [-0.05, 0) is 41.5 Å². The molecule has 29 heavy (non-hydrogen) atoms. The molecule has 0 spiro atoms. The molecule has 0 atom stereocenters. The summed E-state index contributed by atoms with van der Waals surface area (Å²) in [5.74, 6) is 0.702. The van der Waals surface area contributed by atoms with Gasteiger partial charge in [-0.25, -0.2) is 4.98 Å². The van der Waals surface area contributed by atoms with Crippen molar-refractivity contribution < 1.29 is 4.79 Å². The minimum atomic E-state index is -0.0904. The normalized spacial score (nSPS) is 11.0. The number of para-hydroxylation sites is 2. The molecule has 4 aromatic rings. The van der Waals surface area contributed by atoms with Crippen LogP contribution in [0.5, 0.6) is 0 Å². The van der Waals surface area contributed by atoms with Crippen molar-refractivity contribution in [3.8, 4) is 0 Å². The van der Waals surface area contributed by atoms with Crippen molar-refractivity contribution in [3.63, 3.8) is 0 Å². The minimum Gasteiger partial charge on any atom is -0.350 e. The number of amides is 1. The molecule has 0 radical (unpaired) electrons. The Balaban J connectivity index is 1.57. The molecule has 0 fully saturated rings. The van der Waals surface area contributed by atoms with E-state index in [9.17, 15) is 4.79 Å². The number of fused-ring (bicyclic) bond motifs is 1. The van der Waals surface area contributed by atoms with Crippen LogP contribution in [0.2, 0.25) is 10.0 Å². The predicted molar refractivity (Wildman–Crippen MR) is 115 cm³/mol. The van der Waals surface area contributed by atoms with E-state index in [1.54, 1.807) is 18.5 Å². The van der Waals surface area contributed by atoms with Gasteiger partial charge in [0.15, 0.2) is 0 Å². The summed E-state index contributed by atoms with van der Waals surface area (Å²) in [5, 5.41) is 3.96. The molecule has 0 bridgehead atoms. The third-order valence-electron chi connectivity index (χ3n) is 4.59. The maximum Gasteiger partial charge on any atom is 0.240 e. The summed E-state index contributed by atoms with van der Waals surface area (Å²) in [7, 11) is 0. The molecule has 0 aliphatic rings.